The Labute approximate surface area is 92.4 Å². The minimum Gasteiger partial charge on any atom is -0.342 e. The molecule has 1 saturated carbocycles. The number of likely N-dealkylation sites (N-methyl/N-ethyl adjacent to an activating group) is 2. The third-order valence-corrected chi connectivity index (χ3v) is 2.92. The average molecular weight is 213 g/mol. The predicted octanol–water partition coefficient (Wildman–Crippen LogP) is 0.134. The van der Waals surface area contributed by atoms with Crippen LogP contribution in [0.15, 0.2) is 0 Å². The highest BCUT2D eigenvalue weighted by atomic mass is 16.2. The molecule has 1 rings (SSSR count). The molecule has 88 valence electrons. The van der Waals surface area contributed by atoms with E-state index in [4.69, 9.17) is 5.73 Å². The van der Waals surface area contributed by atoms with E-state index in [-0.39, 0.29) is 5.91 Å². The number of carbonyl (C=O) groups excluding carboxylic acids is 1. The Bertz CT molecular complexity index is 216. The minimum atomic E-state index is 0.226. The normalized spacial score (nSPS) is 17.9. The lowest BCUT2D eigenvalue weighted by molar-refractivity contribution is -0.131. The Balaban J connectivity index is 2.23. The monoisotopic (exact) mass is 213 g/mol. The molecule has 0 aromatic carbocycles. The summed E-state index contributed by atoms with van der Waals surface area (Å²) in [5, 5.41) is 0. The van der Waals surface area contributed by atoms with Crippen LogP contribution < -0.4 is 5.73 Å². The fraction of sp³-hybridized carbons (Fsp3) is 0.909. The van der Waals surface area contributed by atoms with E-state index < -0.39 is 0 Å². The van der Waals surface area contributed by atoms with Crippen molar-refractivity contribution in [3.63, 3.8) is 0 Å². The summed E-state index contributed by atoms with van der Waals surface area (Å²) in [4.78, 5) is 15.7. The van der Waals surface area contributed by atoms with E-state index in [2.05, 4.69) is 11.8 Å². The van der Waals surface area contributed by atoms with Crippen molar-refractivity contribution in [2.75, 3.05) is 33.7 Å². The Morgan fingerprint density at radius 2 is 2.07 bits per heavy atom. The summed E-state index contributed by atoms with van der Waals surface area (Å²) in [6.07, 6.45) is 2.34. The summed E-state index contributed by atoms with van der Waals surface area (Å²) in [7, 11) is 3.88. The fourth-order valence-corrected chi connectivity index (χ4v) is 1.68. The zero-order chi connectivity index (χ0) is 11.4. The van der Waals surface area contributed by atoms with E-state index in [0.717, 1.165) is 6.54 Å². The highest BCUT2D eigenvalue weighted by Gasteiger charge is 2.29. The summed E-state index contributed by atoms with van der Waals surface area (Å²) in [5.74, 6) is 0.679. The van der Waals surface area contributed by atoms with Crippen LogP contribution in [0.1, 0.15) is 19.8 Å². The van der Waals surface area contributed by atoms with Gasteiger partial charge in [0.1, 0.15) is 0 Å². The molecule has 0 aromatic rings. The van der Waals surface area contributed by atoms with E-state index in [1.54, 1.807) is 0 Å². The second-order valence-corrected chi connectivity index (χ2v) is 4.77. The molecule has 1 aliphatic rings. The molecule has 15 heavy (non-hydrogen) atoms. The van der Waals surface area contributed by atoms with Gasteiger partial charge < -0.3 is 10.6 Å². The van der Waals surface area contributed by atoms with Gasteiger partial charge in [0.15, 0.2) is 0 Å². The van der Waals surface area contributed by atoms with Crippen LogP contribution in [-0.2, 0) is 4.79 Å². The molecule has 0 aliphatic heterocycles. The number of nitrogens with zero attached hydrogens (tertiary/aromatic N) is 2. The van der Waals surface area contributed by atoms with Gasteiger partial charge in [0.05, 0.1) is 6.54 Å². The summed E-state index contributed by atoms with van der Waals surface area (Å²) in [6, 6.07) is 0.512. The molecule has 4 heteroatoms. The topological polar surface area (TPSA) is 49.6 Å². The van der Waals surface area contributed by atoms with E-state index in [1.807, 2.05) is 19.0 Å². The van der Waals surface area contributed by atoms with Gasteiger partial charge in [-0.25, -0.2) is 0 Å². The van der Waals surface area contributed by atoms with Gasteiger partial charge in [-0.3, -0.25) is 9.69 Å². The second kappa shape index (κ2) is 5.47. The predicted molar refractivity (Wildman–Crippen MR) is 61.5 cm³/mol. The van der Waals surface area contributed by atoms with Gasteiger partial charge in [-0.2, -0.15) is 0 Å². The number of nitrogens with two attached hydrogens (primary N) is 1. The number of rotatable bonds is 6. The van der Waals surface area contributed by atoms with Crippen LogP contribution in [0.4, 0.5) is 0 Å². The molecule has 1 aliphatic carbocycles. The van der Waals surface area contributed by atoms with Gasteiger partial charge >= 0.3 is 0 Å². The molecule has 2 N–H and O–H groups in total. The van der Waals surface area contributed by atoms with Crippen molar-refractivity contribution in [1.29, 1.82) is 0 Å². The lowest BCUT2D eigenvalue weighted by Gasteiger charge is -2.23. The van der Waals surface area contributed by atoms with Crippen LogP contribution in [0.2, 0.25) is 0 Å². The maximum Gasteiger partial charge on any atom is 0.236 e. The van der Waals surface area contributed by atoms with Crippen molar-refractivity contribution < 1.29 is 4.79 Å². The van der Waals surface area contributed by atoms with Crippen molar-refractivity contribution in [2.24, 2.45) is 11.7 Å². The third kappa shape index (κ3) is 4.18. The molecule has 0 bridgehead atoms. The van der Waals surface area contributed by atoms with Crippen molar-refractivity contribution in [3.8, 4) is 0 Å². The van der Waals surface area contributed by atoms with Crippen LogP contribution in [0.25, 0.3) is 0 Å². The van der Waals surface area contributed by atoms with Gasteiger partial charge in [-0.05, 0) is 32.4 Å². The number of hydrogen-bond donors (Lipinski definition) is 1. The average Bonchev–Trinajstić information content (AvgIpc) is 2.99. The summed E-state index contributed by atoms with van der Waals surface area (Å²) >= 11 is 0. The van der Waals surface area contributed by atoms with Gasteiger partial charge in [0.2, 0.25) is 5.91 Å². The van der Waals surface area contributed by atoms with Crippen molar-refractivity contribution in [1.82, 2.24) is 9.80 Å². The molecule has 1 unspecified atom stereocenters. The van der Waals surface area contributed by atoms with E-state index >= 15 is 0 Å². The minimum absolute atomic E-state index is 0.226. The molecule has 1 atom stereocenters. The molecule has 0 aromatic heterocycles. The molecular weight excluding hydrogens is 190 g/mol. The molecule has 0 saturated heterocycles. The molecule has 1 fully saturated rings. The number of hydrogen-bond acceptors (Lipinski definition) is 3. The second-order valence-electron chi connectivity index (χ2n) is 4.77. The first-order chi connectivity index (χ1) is 7.04. The van der Waals surface area contributed by atoms with Crippen LogP contribution in [0, 0.1) is 5.92 Å². The van der Waals surface area contributed by atoms with Gasteiger partial charge in [0.25, 0.3) is 0 Å². The van der Waals surface area contributed by atoms with Crippen molar-refractivity contribution >= 4 is 5.91 Å². The molecule has 4 nitrogen and oxygen atoms in total. The van der Waals surface area contributed by atoms with Gasteiger partial charge in [-0.1, -0.05) is 6.92 Å². The van der Waals surface area contributed by atoms with Gasteiger partial charge in [-0.15, -0.1) is 0 Å². The summed E-state index contributed by atoms with van der Waals surface area (Å²) in [6.45, 7) is 4.18. The quantitative estimate of drug-likeness (QED) is 0.682. The van der Waals surface area contributed by atoms with E-state index in [1.165, 1.54) is 12.8 Å². The van der Waals surface area contributed by atoms with Crippen LogP contribution >= 0.6 is 0 Å². The first-order valence-corrected chi connectivity index (χ1v) is 5.68. The first kappa shape index (κ1) is 12.5. The highest BCUT2D eigenvalue weighted by Crippen LogP contribution is 2.25. The van der Waals surface area contributed by atoms with Crippen LogP contribution in [0.3, 0.4) is 0 Å². The maximum atomic E-state index is 11.8. The summed E-state index contributed by atoms with van der Waals surface area (Å²) in [5.41, 5.74) is 5.55. The highest BCUT2D eigenvalue weighted by molar-refractivity contribution is 5.78. The third-order valence-electron chi connectivity index (χ3n) is 2.92. The SMILES string of the molecule is CC(CN)CN(C)CC(=O)N(C)C1CC1. The zero-order valence-corrected chi connectivity index (χ0v) is 10.1. The Morgan fingerprint density at radius 1 is 1.47 bits per heavy atom. The molecule has 0 heterocycles. The van der Waals surface area contributed by atoms with Crippen LogP contribution in [0.5, 0.6) is 0 Å². The lowest BCUT2D eigenvalue weighted by Crippen LogP contribution is -2.39. The standard InChI is InChI=1S/C11H23N3O/c1-9(6-12)7-13(2)8-11(15)14(3)10-4-5-10/h9-10H,4-8,12H2,1-3H3. The smallest absolute Gasteiger partial charge is 0.236 e. The van der Waals surface area contributed by atoms with Crippen molar-refractivity contribution in [2.45, 2.75) is 25.8 Å². The van der Waals surface area contributed by atoms with E-state index in [9.17, 15) is 4.79 Å². The van der Waals surface area contributed by atoms with Crippen molar-refractivity contribution in [3.05, 3.63) is 0 Å². The lowest BCUT2D eigenvalue weighted by atomic mass is 10.2. The number of amides is 1. The zero-order valence-electron chi connectivity index (χ0n) is 10.1. The summed E-state index contributed by atoms with van der Waals surface area (Å²) < 4.78 is 0. The Morgan fingerprint density at radius 3 is 2.53 bits per heavy atom. The molecule has 0 radical (unpaired) electrons. The Kier molecular flexibility index (Phi) is 4.54. The van der Waals surface area contributed by atoms with E-state index in [0.29, 0.717) is 25.0 Å². The fourth-order valence-electron chi connectivity index (χ4n) is 1.68. The first-order valence-electron chi connectivity index (χ1n) is 5.68. The Hall–Kier alpha value is -0.610. The largest absolute Gasteiger partial charge is 0.342 e. The molecule has 0 spiro atoms. The van der Waals surface area contributed by atoms with Crippen LogP contribution in [-0.4, -0.2) is 55.5 Å². The maximum absolute atomic E-state index is 11.8. The molecule has 1 amide bonds. The number of carbonyl (C=O) groups is 1. The molecular formula is C11H23N3O. The van der Waals surface area contributed by atoms with Gasteiger partial charge in [0, 0.05) is 19.6 Å².